The van der Waals surface area contributed by atoms with Crippen LogP contribution in [0, 0.1) is 5.82 Å². The normalized spacial score (nSPS) is 10.1. The Labute approximate surface area is 122 Å². The summed E-state index contributed by atoms with van der Waals surface area (Å²) < 4.78 is 29.3. The van der Waals surface area contributed by atoms with E-state index in [2.05, 4.69) is 0 Å². The summed E-state index contributed by atoms with van der Waals surface area (Å²) in [4.78, 5) is 12.5. The van der Waals surface area contributed by atoms with Gasteiger partial charge in [-0.3, -0.25) is 4.79 Å². The van der Waals surface area contributed by atoms with E-state index >= 15 is 0 Å². The number of benzene rings is 2. The van der Waals surface area contributed by atoms with E-state index < -0.39 is 11.6 Å². The predicted molar refractivity (Wildman–Crippen MR) is 75.9 cm³/mol. The maximum atomic E-state index is 13.8. The second-order valence-corrected chi connectivity index (χ2v) is 4.22. The number of methoxy groups -OCH3 is 3. The first-order valence-corrected chi connectivity index (χ1v) is 6.21. The Kier molecular flexibility index (Phi) is 4.42. The molecule has 5 heteroatoms. The molecule has 21 heavy (non-hydrogen) atoms. The van der Waals surface area contributed by atoms with E-state index in [9.17, 15) is 9.18 Å². The maximum Gasteiger partial charge on any atom is 0.199 e. The molecule has 0 aliphatic heterocycles. The first kappa shape index (κ1) is 14.8. The van der Waals surface area contributed by atoms with E-state index in [1.807, 2.05) is 0 Å². The number of hydrogen-bond donors (Lipinski definition) is 0. The Bertz CT molecular complexity index is 667. The lowest BCUT2D eigenvalue weighted by Gasteiger charge is -2.13. The molecule has 2 aromatic carbocycles. The molecule has 0 atom stereocenters. The molecule has 0 amide bonds. The minimum absolute atomic E-state index is 0.0250. The molecular formula is C16H15FO4. The number of ether oxygens (including phenoxy) is 3. The number of rotatable bonds is 5. The quantitative estimate of drug-likeness (QED) is 0.794. The lowest BCUT2D eigenvalue weighted by molar-refractivity contribution is 0.103. The van der Waals surface area contributed by atoms with E-state index in [-0.39, 0.29) is 11.1 Å². The lowest BCUT2D eigenvalue weighted by atomic mass is 10.0. The number of carbonyl (C=O) groups excluding carboxylic acids is 1. The minimum atomic E-state index is -0.584. The molecule has 2 aromatic rings. The number of hydrogen-bond acceptors (Lipinski definition) is 4. The van der Waals surface area contributed by atoms with E-state index in [4.69, 9.17) is 14.2 Å². The molecule has 0 saturated heterocycles. The Balaban J connectivity index is 2.57. The Morgan fingerprint density at radius 1 is 0.857 bits per heavy atom. The third-order valence-corrected chi connectivity index (χ3v) is 3.07. The zero-order valence-corrected chi connectivity index (χ0v) is 12.0. The second kappa shape index (κ2) is 6.26. The van der Waals surface area contributed by atoms with Crippen LogP contribution in [0.3, 0.4) is 0 Å². The van der Waals surface area contributed by atoms with Crippen molar-refractivity contribution in [2.24, 2.45) is 0 Å². The molecule has 0 unspecified atom stereocenters. The van der Waals surface area contributed by atoms with Gasteiger partial charge in [-0.15, -0.1) is 0 Å². The minimum Gasteiger partial charge on any atom is -0.496 e. The standard InChI is InChI=1S/C16H15FO4/c1-19-13-9-15(21-3)14(20-2)8-11(13)16(18)10-6-4-5-7-12(10)17/h4-9H,1-3H3. The van der Waals surface area contributed by atoms with Crippen LogP contribution in [0.25, 0.3) is 0 Å². The summed E-state index contributed by atoms with van der Waals surface area (Å²) in [6.45, 7) is 0. The van der Waals surface area contributed by atoms with Gasteiger partial charge >= 0.3 is 0 Å². The van der Waals surface area contributed by atoms with Crippen molar-refractivity contribution in [3.8, 4) is 17.2 Å². The molecule has 0 N–H and O–H groups in total. The number of halogens is 1. The summed E-state index contributed by atoms with van der Waals surface area (Å²) in [7, 11) is 4.37. The van der Waals surface area contributed by atoms with Gasteiger partial charge in [-0.1, -0.05) is 12.1 Å². The maximum absolute atomic E-state index is 13.8. The van der Waals surface area contributed by atoms with E-state index in [0.29, 0.717) is 17.2 Å². The van der Waals surface area contributed by atoms with Crippen LogP contribution in [0.15, 0.2) is 36.4 Å². The Morgan fingerprint density at radius 3 is 2.00 bits per heavy atom. The third-order valence-electron chi connectivity index (χ3n) is 3.07. The molecule has 0 fully saturated rings. The molecule has 0 aliphatic carbocycles. The second-order valence-electron chi connectivity index (χ2n) is 4.22. The summed E-state index contributed by atoms with van der Waals surface area (Å²) in [5, 5.41) is 0. The van der Waals surface area contributed by atoms with Crippen molar-refractivity contribution < 1.29 is 23.4 Å². The molecule has 0 bridgehead atoms. The van der Waals surface area contributed by atoms with Crippen LogP contribution in [0.4, 0.5) is 4.39 Å². The first-order chi connectivity index (χ1) is 10.1. The molecule has 0 aromatic heterocycles. The molecule has 110 valence electrons. The molecule has 0 spiro atoms. The molecule has 2 rings (SSSR count). The first-order valence-electron chi connectivity index (χ1n) is 6.21. The molecule has 0 heterocycles. The Hall–Kier alpha value is -2.56. The van der Waals surface area contributed by atoms with E-state index in [0.717, 1.165) is 0 Å². The number of carbonyl (C=O) groups is 1. The highest BCUT2D eigenvalue weighted by molar-refractivity contribution is 6.11. The van der Waals surface area contributed by atoms with Crippen LogP contribution in [-0.2, 0) is 0 Å². The smallest absolute Gasteiger partial charge is 0.199 e. The van der Waals surface area contributed by atoms with Crippen molar-refractivity contribution in [2.75, 3.05) is 21.3 Å². The fourth-order valence-electron chi connectivity index (χ4n) is 2.00. The largest absolute Gasteiger partial charge is 0.496 e. The summed E-state index contributed by atoms with van der Waals surface area (Å²) in [5.41, 5.74) is 0.184. The highest BCUT2D eigenvalue weighted by Gasteiger charge is 2.21. The average molecular weight is 290 g/mol. The third kappa shape index (κ3) is 2.81. The summed E-state index contributed by atoms with van der Waals surface area (Å²) >= 11 is 0. The fourth-order valence-corrected chi connectivity index (χ4v) is 2.00. The lowest BCUT2D eigenvalue weighted by Crippen LogP contribution is -2.07. The Morgan fingerprint density at radius 2 is 1.43 bits per heavy atom. The van der Waals surface area contributed by atoms with Gasteiger partial charge in [0.2, 0.25) is 0 Å². The van der Waals surface area contributed by atoms with Gasteiger partial charge in [0.25, 0.3) is 0 Å². The van der Waals surface area contributed by atoms with Crippen molar-refractivity contribution in [3.05, 3.63) is 53.3 Å². The van der Waals surface area contributed by atoms with Crippen LogP contribution in [0.1, 0.15) is 15.9 Å². The number of ketones is 1. The van der Waals surface area contributed by atoms with E-state index in [1.54, 1.807) is 6.07 Å². The van der Waals surface area contributed by atoms with Gasteiger partial charge in [0.15, 0.2) is 17.3 Å². The summed E-state index contributed by atoms with van der Waals surface area (Å²) in [5.74, 6) is 0.0311. The fraction of sp³-hybridized carbons (Fsp3) is 0.188. The zero-order chi connectivity index (χ0) is 15.4. The molecule has 0 aliphatic rings. The van der Waals surface area contributed by atoms with Gasteiger partial charge < -0.3 is 14.2 Å². The van der Waals surface area contributed by atoms with Gasteiger partial charge in [-0.2, -0.15) is 0 Å². The SMILES string of the molecule is COc1cc(OC)c(C(=O)c2ccccc2F)cc1OC. The van der Waals surface area contributed by atoms with Crippen molar-refractivity contribution in [1.29, 1.82) is 0 Å². The van der Waals surface area contributed by atoms with Gasteiger partial charge in [0.05, 0.1) is 32.5 Å². The highest BCUT2D eigenvalue weighted by Crippen LogP contribution is 2.35. The van der Waals surface area contributed by atoms with Gasteiger partial charge in [0, 0.05) is 6.07 Å². The molecule has 0 saturated carbocycles. The van der Waals surface area contributed by atoms with Crippen LogP contribution in [0.5, 0.6) is 17.2 Å². The van der Waals surface area contributed by atoms with Gasteiger partial charge in [-0.25, -0.2) is 4.39 Å². The highest BCUT2D eigenvalue weighted by atomic mass is 19.1. The van der Waals surface area contributed by atoms with Gasteiger partial charge in [0.1, 0.15) is 11.6 Å². The molecule has 4 nitrogen and oxygen atoms in total. The van der Waals surface area contributed by atoms with Crippen LogP contribution >= 0.6 is 0 Å². The monoisotopic (exact) mass is 290 g/mol. The molecular weight excluding hydrogens is 275 g/mol. The van der Waals surface area contributed by atoms with E-state index in [1.165, 1.54) is 51.7 Å². The van der Waals surface area contributed by atoms with Crippen LogP contribution in [-0.4, -0.2) is 27.1 Å². The summed E-state index contributed by atoms with van der Waals surface area (Å²) in [6.07, 6.45) is 0. The molecule has 0 radical (unpaired) electrons. The van der Waals surface area contributed by atoms with Crippen molar-refractivity contribution in [3.63, 3.8) is 0 Å². The van der Waals surface area contributed by atoms with Gasteiger partial charge in [-0.05, 0) is 18.2 Å². The van der Waals surface area contributed by atoms with Crippen molar-refractivity contribution in [2.45, 2.75) is 0 Å². The summed E-state index contributed by atoms with van der Waals surface area (Å²) in [6, 6.07) is 8.80. The van der Waals surface area contributed by atoms with Crippen molar-refractivity contribution >= 4 is 5.78 Å². The average Bonchev–Trinajstić information content (AvgIpc) is 2.53. The van der Waals surface area contributed by atoms with Crippen molar-refractivity contribution in [1.82, 2.24) is 0 Å². The topological polar surface area (TPSA) is 44.8 Å². The predicted octanol–water partition coefficient (Wildman–Crippen LogP) is 3.08. The van der Waals surface area contributed by atoms with Crippen LogP contribution < -0.4 is 14.2 Å². The zero-order valence-electron chi connectivity index (χ0n) is 12.0. The van der Waals surface area contributed by atoms with Crippen LogP contribution in [0.2, 0.25) is 0 Å².